The largest absolute Gasteiger partial charge is 0.493 e. The molecule has 0 unspecified atom stereocenters. The summed E-state index contributed by atoms with van der Waals surface area (Å²) in [6.07, 6.45) is 2.41. The minimum atomic E-state index is -0.198. The van der Waals surface area contributed by atoms with Gasteiger partial charge in [0, 0.05) is 42.0 Å². The van der Waals surface area contributed by atoms with E-state index in [9.17, 15) is 9.90 Å². The molecule has 0 aliphatic carbocycles. The predicted octanol–water partition coefficient (Wildman–Crippen LogP) is 3.35. The van der Waals surface area contributed by atoms with Gasteiger partial charge >= 0.3 is 0 Å². The number of pyridine rings is 2. The van der Waals surface area contributed by atoms with Gasteiger partial charge in [-0.3, -0.25) is 4.79 Å². The molecule has 0 fully saturated rings. The molecule has 0 radical (unpaired) electrons. The molecule has 0 spiro atoms. The van der Waals surface area contributed by atoms with Gasteiger partial charge in [-0.05, 0) is 49.2 Å². The van der Waals surface area contributed by atoms with E-state index in [4.69, 9.17) is 4.74 Å². The summed E-state index contributed by atoms with van der Waals surface area (Å²) in [6.45, 7) is 4.45. The van der Waals surface area contributed by atoms with E-state index in [1.807, 2.05) is 50.2 Å². The van der Waals surface area contributed by atoms with Crippen LogP contribution in [-0.4, -0.2) is 27.6 Å². The molecule has 28 heavy (non-hydrogen) atoms. The third kappa shape index (κ3) is 5.07. The molecule has 2 N–H and O–H groups in total. The third-order valence-corrected chi connectivity index (χ3v) is 4.37. The summed E-state index contributed by atoms with van der Waals surface area (Å²) in [5.74, 6) is 0.361. The van der Waals surface area contributed by atoms with Crippen molar-refractivity contribution in [2.75, 3.05) is 6.61 Å². The zero-order chi connectivity index (χ0) is 19.9. The number of hydrogen-bond donors (Lipinski definition) is 2. The maximum absolute atomic E-state index is 12.4. The molecule has 6 nitrogen and oxygen atoms in total. The van der Waals surface area contributed by atoms with E-state index in [2.05, 4.69) is 15.3 Å². The molecule has 144 valence electrons. The molecule has 0 bridgehead atoms. The maximum Gasteiger partial charge on any atom is 0.251 e. The smallest absolute Gasteiger partial charge is 0.251 e. The highest BCUT2D eigenvalue weighted by atomic mass is 16.5. The molecule has 0 aliphatic rings. The van der Waals surface area contributed by atoms with Crippen LogP contribution in [0.15, 0.2) is 54.7 Å². The van der Waals surface area contributed by atoms with Gasteiger partial charge in [0.2, 0.25) is 11.8 Å². The van der Waals surface area contributed by atoms with E-state index < -0.39 is 0 Å². The first-order valence-corrected chi connectivity index (χ1v) is 9.10. The summed E-state index contributed by atoms with van der Waals surface area (Å²) in [7, 11) is 0. The van der Waals surface area contributed by atoms with Gasteiger partial charge in [0.15, 0.2) is 0 Å². The molecule has 0 saturated heterocycles. The fourth-order valence-electron chi connectivity index (χ4n) is 2.86. The molecule has 2 heterocycles. The molecule has 0 aliphatic heterocycles. The zero-order valence-electron chi connectivity index (χ0n) is 16.0. The number of benzene rings is 1. The standard InChI is InChI=1S/C22H23N3O3/c1-15-13-16(2)25-22(27)19(15)14-24-21(26)18-8-6-17(7-9-18)10-12-28-20-5-3-4-11-23-20/h3-9,11,13H,10,12,14H2,1-2H3,(H,24,26)(H,25,27). The van der Waals surface area contributed by atoms with Crippen LogP contribution in [0.2, 0.25) is 0 Å². The lowest BCUT2D eigenvalue weighted by Gasteiger charge is -2.11. The summed E-state index contributed by atoms with van der Waals surface area (Å²) < 4.78 is 5.59. The number of nitrogens with zero attached hydrogens (tertiary/aromatic N) is 2. The summed E-state index contributed by atoms with van der Waals surface area (Å²) in [6, 6.07) is 14.8. The molecule has 3 rings (SSSR count). The summed E-state index contributed by atoms with van der Waals surface area (Å²) in [5.41, 5.74) is 3.90. The van der Waals surface area contributed by atoms with Crippen molar-refractivity contribution in [3.63, 3.8) is 0 Å². The number of hydrogen-bond acceptors (Lipinski definition) is 5. The number of aromatic hydroxyl groups is 1. The normalized spacial score (nSPS) is 10.5. The number of amides is 1. The van der Waals surface area contributed by atoms with Crippen molar-refractivity contribution in [1.29, 1.82) is 0 Å². The summed E-state index contributed by atoms with van der Waals surface area (Å²) in [5, 5.41) is 12.8. The van der Waals surface area contributed by atoms with Crippen LogP contribution in [0.3, 0.4) is 0 Å². The van der Waals surface area contributed by atoms with E-state index >= 15 is 0 Å². The van der Waals surface area contributed by atoms with Crippen molar-refractivity contribution < 1.29 is 14.6 Å². The Labute approximate surface area is 164 Å². The van der Waals surface area contributed by atoms with Crippen LogP contribution in [0, 0.1) is 13.8 Å². The third-order valence-electron chi connectivity index (χ3n) is 4.37. The van der Waals surface area contributed by atoms with Crippen molar-refractivity contribution in [2.24, 2.45) is 0 Å². The van der Waals surface area contributed by atoms with Gasteiger partial charge in [-0.2, -0.15) is 0 Å². The average molecular weight is 377 g/mol. The second kappa shape index (κ2) is 8.99. The molecule has 3 aromatic rings. The van der Waals surface area contributed by atoms with Crippen LogP contribution in [0.25, 0.3) is 0 Å². The minimum absolute atomic E-state index is 0.0407. The number of rotatable bonds is 7. The van der Waals surface area contributed by atoms with Gasteiger partial charge in [-0.15, -0.1) is 0 Å². The fraction of sp³-hybridized carbons (Fsp3) is 0.227. The number of nitrogens with one attached hydrogen (secondary N) is 1. The second-order valence-electron chi connectivity index (χ2n) is 6.53. The molecule has 1 amide bonds. The zero-order valence-corrected chi connectivity index (χ0v) is 16.0. The molecule has 1 aromatic carbocycles. The lowest BCUT2D eigenvalue weighted by atomic mass is 10.1. The van der Waals surface area contributed by atoms with E-state index in [0.717, 1.165) is 23.2 Å². The minimum Gasteiger partial charge on any atom is -0.493 e. The van der Waals surface area contributed by atoms with E-state index in [-0.39, 0.29) is 18.3 Å². The Morgan fingerprint density at radius 1 is 1.14 bits per heavy atom. The van der Waals surface area contributed by atoms with Gasteiger partial charge in [0.25, 0.3) is 5.91 Å². The Balaban J connectivity index is 1.52. The highest BCUT2D eigenvalue weighted by molar-refractivity contribution is 5.94. The van der Waals surface area contributed by atoms with Crippen LogP contribution >= 0.6 is 0 Å². The van der Waals surface area contributed by atoms with Crippen molar-refractivity contribution in [3.05, 3.63) is 82.7 Å². The number of carbonyl (C=O) groups is 1. The molecular weight excluding hydrogens is 354 g/mol. The first-order valence-electron chi connectivity index (χ1n) is 9.10. The Hall–Kier alpha value is -3.41. The van der Waals surface area contributed by atoms with Crippen LogP contribution < -0.4 is 10.1 Å². The molecule has 0 saturated carbocycles. The highest BCUT2D eigenvalue weighted by Gasteiger charge is 2.11. The highest BCUT2D eigenvalue weighted by Crippen LogP contribution is 2.19. The number of carbonyl (C=O) groups excluding carboxylic acids is 1. The first kappa shape index (κ1) is 19.4. The lowest BCUT2D eigenvalue weighted by molar-refractivity contribution is 0.0950. The maximum atomic E-state index is 12.4. The van der Waals surface area contributed by atoms with Crippen LogP contribution in [0.5, 0.6) is 11.8 Å². The van der Waals surface area contributed by atoms with Gasteiger partial charge in [-0.25, -0.2) is 9.97 Å². The van der Waals surface area contributed by atoms with Crippen LogP contribution in [0.4, 0.5) is 0 Å². The molecule has 0 atom stereocenters. The van der Waals surface area contributed by atoms with Crippen LogP contribution in [-0.2, 0) is 13.0 Å². The predicted molar refractivity (Wildman–Crippen MR) is 106 cm³/mol. The Morgan fingerprint density at radius 2 is 1.93 bits per heavy atom. The Kier molecular flexibility index (Phi) is 6.22. The monoisotopic (exact) mass is 377 g/mol. The van der Waals surface area contributed by atoms with Gasteiger partial charge in [-0.1, -0.05) is 18.2 Å². The Morgan fingerprint density at radius 3 is 2.61 bits per heavy atom. The molecule has 6 heteroatoms. The van der Waals surface area contributed by atoms with Crippen molar-refractivity contribution in [2.45, 2.75) is 26.8 Å². The van der Waals surface area contributed by atoms with Gasteiger partial charge in [0.1, 0.15) is 0 Å². The fourth-order valence-corrected chi connectivity index (χ4v) is 2.86. The SMILES string of the molecule is Cc1cc(C)c(CNC(=O)c2ccc(CCOc3ccccn3)cc2)c(O)n1. The number of aromatic nitrogens is 2. The van der Waals surface area contributed by atoms with Gasteiger partial charge < -0.3 is 15.2 Å². The quantitative estimate of drug-likeness (QED) is 0.660. The summed E-state index contributed by atoms with van der Waals surface area (Å²) in [4.78, 5) is 20.5. The average Bonchev–Trinajstić information content (AvgIpc) is 2.68. The van der Waals surface area contributed by atoms with Crippen molar-refractivity contribution >= 4 is 5.91 Å². The Bertz CT molecular complexity index is 918. The van der Waals surface area contributed by atoms with Crippen molar-refractivity contribution in [3.8, 4) is 11.8 Å². The van der Waals surface area contributed by atoms with Crippen LogP contribution in [0.1, 0.15) is 32.7 Å². The first-order chi connectivity index (χ1) is 13.5. The van der Waals surface area contributed by atoms with E-state index in [1.165, 1.54) is 0 Å². The van der Waals surface area contributed by atoms with Crippen molar-refractivity contribution in [1.82, 2.24) is 15.3 Å². The van der Waals surface area contributed by atoms with E-state index in [1.54, 1.807) is 18.3 Å². The topological polar surface area (TPSA) is 84.3 Å². The number of aryl methyl sites for hydroxylation is 2. The van der Waals surface area contributed by atoms with Gasteiger partial charge in [0.05, 0.1) is 6.61 Å². The second-order valence-corrected chi connectivity index (χ2v) is 6.53. The molecule has 2 aromatic heterocycles. The lowest BCUT2D eigenvalue weighted by Crippen LogP contribution is -2.23. The van der Waals surface area contributed by atoms with E-state index in [0.29, 0.717) is 23.6 Å². The number of ether oxygens (including phenoxy) is 1. The summed E-state index contributed by atoms with van der Waals surface area (Å²) >= 11 is 0. The molecular formula is C22H23N3O3.